The first-order valence-corrected chi connectivity index (χ1v) is 6.87. The van der Waals surface area contributed by atoms with Gasteiger partial charge in [0.15, 0.2) is 0 Å². The lowest BCUT2D eigenvalue weighted by atomic mass is 10.0. The summed E-state index contributed by atoms with van der Waals surface area (Å²) in [5.74, 6) is -0.136. The average Bonchev–Trinajstić information content (AvgIpc) is 2.74. The highest BCUT2D eigenvalue weighted by atomic mass is 35.5. The summed E-state index contributed by atoms with van der Waals surface area (Å²) in [6.07, 6.45) is 0. The smallest absolute Gasteiger partial charge is 0.258 e. The summed E-state index contributed by atoms with van der Waals surface area (Å²) >= 11 is 5.97. The van der Waals surface area contributed by atoms with E-state index in [0.717, 1.165) is 22.6 Å². The van der Waals surface area contributed by atoms with Crippen LogP contribution in [-0.4, -0.2) is 5.91 Å². The van der Waals surface area contributed by atoms with Crippen LogP contribution in [0.15, 0.2) is 48.2 Å². The molecule has 1 amide bonds. The molecule has 5 heteroatoms. The van der Waals surface area contributed by atoms with Gasteiger partial charge in [0.25, 0.3) is 5.91 Å². The third-order valence-corrected chi connectivity index (χ3v) is 3.55. The van der Waals surface area contributed by atoms with Crippen molar-refractivity contribution in [3.8, 4) is 0 Å². The van der Waals surface area contributed by atoms with Gasteiger partial charge in [-0.15, -0.1) is 0 Å². The Hall–Kier alpha value is -2.46. The maximum Gasteiger partial charge on any atom is 0.258 e. The Balaban J connectivity index is 2.02. The lowest BCUT2D eigenvalue weighted by Gasteiger charge is -2.10. The fraction of sp³-hybridized carbons (Fsp3) is 0.0625. The molecule has 21 heavy (non-hydrogen) atoms. The molecule has 0 saturated heterocycles. The van der Waals surface area contributed by atoms with Crippen LogP contribution in [0.25, 0.3) is 5.57 Å². The van der Waals surface area contributed by atoms with E-state index in [9.17, 15) is 4.79 Å². The minimum Gasteiger partial charge on any atom is -0.399 e. The van der Waals surface area contributed by atoms with Gasteiger partial charge in [0.05, 0.1) is 5.57 Å². The first-order valence-electron chi connectivity index (χ1n) is 6.49. The molecule has 106 valence electrons. The van der Waals surface area contributed by atoms with E-state index in [0.29, 0.717) is 16.3 Å². The SMILES string of the molecule is C/C(Nc1cccc(Cl)c1)=C1/C(=O)Nc2ccc(N)cc21. The molecule has 3 rings (SSSR count). The lowest BCUT2D eigenvalue weighted by Crippen LogP contribution is -2.08. The van der Waals surface area contributed by atoms with Crippen LogP contribution in [0.4, 0.5) is 17.1 Å². The molecule has 1 heterocycles. The van der Waals surface area contributed by atoms with Crippen LogP contribution in [0.1, 0.15) is 12.5 Å². The first kappa shape index (κ1) is 13.5. The lowest BCUT2D eigenvalue weighted by molar-refractivity contribution is -0.110. The predicted octanol–water partition coefficient (Wildman–Crippen LogP) is 3.72. The number of fused-ring (bicyclic) bond motifs is 1. The largest absolute Gasteiger partial charge is 0.399 e. The van der Waals surface area contributed by atoms with Gasteiger partial charge in [0.2, 0.25) is 0 Å². The molecule has 2 aromatic carbocycles. The van der Waals surface area contributed by atoms with Crippen molar-refractivity contribution in [2.45, 2.75) is 6.92 Å². The summed E-state index contributed by atoms with van der Waals surface area (Å²) in [7, 11) is 0. The second-order valence-electron chi connectivity index (χ2n) is 4.89. The van der Waals surface area contributed by atoms with Gasteiger partial charge in [-0.2, -0.15) is 0 Å². The maximum absolute atomic E-state index is 12.2. The summed E-state index contributed by atoms with van der Waals surface area (Å²) in [5.41, 5.74) is 10.2. The van der Waals surface area contributed by atoms with Crippen LogP contribution in [0.3, 0.4) is 0 Å². The van der Waals surface area contributed by atoms with E-state index in [1.165, 1.54) is 0 Å². The maximum atomic E-state index is 12.2. The number of rotatable bonds is 2. The fourth-order valence-electron chi connectivity index (χ4n) is 2.40. The molecule has 0 aromatic heterocycles. The third-order valence-electron chi connectivity index (χ3n) is 3.32. The Kier molecular flexibility index (Phi) is 3.31. The first-order chi connectivity index (χ1) is 10.0. The third kappa shape index (κ3) is 2.58. The van der Waals surface area contributed by atoms with E-state index >= 15 is 0 Å². The molecule has 0 bridgehead atoms. The van der Waals surface area contributed by atoms with Crippen LogP contribution >= 0.6 is 11.6 Å². The van der Waals surface area contributed by atoms with E-state index in [4.69, 9.17) is 17.3 Å². The molecular weight excluding hydrogens is 286 g/mol. The van der Waals surface area contributed by atoms with Crippen molar-refractivity contribution in [3.05, 3.63) is 58.7 Å². The van der Waals surface area contributed by atoms with E-state index in [1.807, 2.05) is 25.1 Å². The van der Waals surface area contributed by atoms with E-state index in [1.54, 1.807) is 24.3 Å². The van der Waals surface area contributed by atoms with Crippen molar-refractivity contribution >= 4 is 40.1 Å². The van der Waals surface area contributed by atoms with Gasteiger partial charge in [0.1, 0.15) is 0 Å². The van der Waals surface area contributed by atoms with Crippen LogP contribution < -0.4 is 16.4 Å². The Labute approximate surface area is 127 Å². The number of carbonyl (C=O) groups excluding carboxylic acids is 1. The molecule has 1 aliphatic rings. The summed E-state index contributed by atoms with van der Waals surface area (Å²) in [6, 6.07) is 12.7. The van der Waals surface area contributed by atoms with Gasteiger partial charge in [-0.25, -0.2) is 0 Å². The van der Waals surface area contributed by atoms with Crippen molar-refractivity contribution in [1.82, 2.24) is 0 Å². The number of nitrogens with two attached hydrogens (primary N) is 1. The zero-order chi connectivity index (χ0) is 15.0. The molecular formula is C16H14ClN3O. The number of anilines is 3. The zero-order valence-corrected chi connectivity index (χ0v) is 12.2. The van der Waals surface area contributed by atoms with Gasteiger partial charge < -0.3 is 16.4 Å². The number of carbonyl (C=O) groups is 1. The summed E-state index contributed by atoms with van der Waals surface area (Å²) < 4.78 is 0. The summed E-state index contributed by atoms with van der Waals surface area (Å²) in [5, 5.41) is 6.68. The second kappa shape index (κ2) is 5.14. The monoisotopic (exact) mass is 299 g/mol. The van der Waals surface area contributed by atoms with Crippen molar-refractivity contribution < 1.29 is 4.79 Å². The fourth-order valence-corrected chi connectivity index (χ4v) is 2.59. The van der Waals surface area contributed by atoms with Gasteiger partial charge >= 0.3 is 0 Å². The minimum absolute atomic E-state index is 0.136. The number of benzene rings is 2. The van der Waals surface area contributed by atoms with Crippen molar-refractivity contribution in [3.63, 3.8) is 0 Å². The number of amides is 1. The number of nitrogen functional groups attached to an aromatic ring is 1. The number of halogens is 1. The Morgan fingerprint density at radius 1 is 1.24 bits per heavy atom. The number of hydrogen-bond donors (Lipinski definition) is 3. The number of hydrogen-bond acceptors (Lipinski definition) is 3. The van der Waals surface area contributed by atoms with Crippen molar-refractivity contribution in [2.24, 2.45) is 0 Å². The molecule has 0 atom stereocenters. The van der Waals surface area contributed by atoms with Gasteiger partial charge in [-0.3, -0.25) is 4.79 Å². The van der Waals surface area contributed by atoms with Crippen LogP contribution in [0, 0.1) is 0 Å². The number of allylic oxidation sites excluding steroid dienone is 1. The van der Waals surface area contributed by atoms with E-state index in [2.05, 4.69) is 10.6 Å². The zero-order valence-electron chi connectivity index (χ0n) is 11.4. The molecule has 2 aromatic rings. The van der Waals surface area contributed by atoms with Crippen LogP contribution in [0.2, 0.25) is 5.02 Å². The van der Waals surface area contributed by atoms with Crippen LogP contribution in [0.5, 0.6) is 0 Å². The van der Waals surface area contributed by atoms with Crippen LogP contribution in [-0.2, 0) is 4.79 Å². The summed E-state index contributed by atoms with van der Waals surface area (Å²) in [6.45, 7) is 1.86. The highest BCUT2D eigenvalue weighted by Crippen LogP contribution is 2.35. The molecule has 0 radical (unpaired) electrons. The topological polar surface area (TPSA) is 67.2 Å². The molecule has 0 saturated carbocycles. The minimum atomic E-state index is -0.136. The van der Waals surface area contributed by atoms with Gasteiger partial charge in [-0.05, 0) is 43.3 Å². The highest BCUT2D eigenvalue weighted by Gasteiger charge is 2.26. The Morgan fingerprint density at radius 2 is 2.05 bits per heavy atom. The second-order valence-corrected chi connectivity index (χ2v) is 5.33. The highest BCUT2D eigenvalue weighted by molar-refractivity contribution is 6.32. The van der Waals surface area contributed by atoms with Crippen molar-refractivity contribution in [1.29, 1.82) is 0 Å². The standard InChI is InChI=1S/C16H14ClN3O/c1-9(19-12-4-2-3-10(17)7-12)15-13-8-11(18)5-6-14(13)20-16(15)21/h2-8,19H,18H2,1H3,(H,20,21)/b15-9-. The molecule has 0 fully saturated rings. The van der Waals surface area contributed by atoms with E-state index < -0.39 is 0 Å². The van der Waals surface area contributed by atoms with Gasteiger partial charge in [0, 0.05) is 33.3 Å². The number of nitrogens with one attached hydrogen (secondary N) is 2. The predicted molar refractivity (Wildman–Crippen MR) is 87.2 cm³/mol. The van der Waals surface area contributed by atoms with E-state index in [-0.39, 0.29) is 5.91 Å². The molecule has 1 aliphatic heterocycles. The normalized spacial score (nSPS) is 15.4. The molecule has 4 N–H and O–H groups in total. The molecule has 4 nitrogen and oxygen atoms in total. The quantitative estimate of drug-likeness (QED) is 0.585. The average molecular weight is 300 g/mol. The Morgan fingerprint density at radius 3 is 2.81 bits per heavy atom. The summed E-state index contributed by atoms with van der Waals surface area (Å²) in [4.78, 5) is 12.2. The molecule has 0 spiro atoms. The molecule has 0 unspecified atom stereocenters. The van der Waals surface area contributed by atoms with Gasteiger partial charge in [-0.1, -0.05) is 17.7 Å². The molecule has 0 aliphatic carbocycles. The Bertz CT molecular complexity index is 768. The van der Waals surface area contributed by atoms with Crippen molar-refractivity contribution in [2.75, 3.05) is 16.4 Å².